The largest absolute Gasteiger partial charge is 0.360 e. The van der Waals surface area contributed by atoms with Crippen LogP contribution in [0, 0.1) is 12.7 Å². The third-order valence-electron chi connectivity index (χ3n) is 3.30. The average Bonchev–Trinajstić information content (AvgIpc) is 2.99. The Kier molecular flexibility index (Phi) is 4.51. The second-order valence-corrected chi connectivity index (χ2v) is 5.18. The van der Waals surface area contributed by atoms with Crippen molar-refractivity contribution in [1.29, 1.82) is 0 Å². The number of aromatic nitrogens is 2. The van der Waals surface area contributed by atoms with Crippen LogP contribution in [0.1, 0.15) is 21.7 Å². The molecule has 0 atom stereocenters. The van der Waals surface area contributed by atoms with Crippen LogP contribution in [0.3, 0.4) is 0 Å². The van der Waals surface area contributed by atoms with E-state index in [-0.39, 0.29) is 18.3 Å². The molecule has 3 aromatic rings. The van der Waals surface area contributed by atoms with Gasteiger partial charge in [0.05, 0.1) is 17.4 Å². The van der Waals surface area contributed by atoms with Gasteiger partial charge in [-0.25, -0.2) is 4.39 Å². The molecule has 0 saturated heterocycles. The second kappa shape index (κ2) is 6.91. The van der Waals surface area contributed by atoms with Crippen molar-refractivity contribution in [3.05, 3.63) is 71.5 Å². The maximum Gasteiger partial charge on any atom is 0.253 e. The molecule has 0 saturated carbocycles. The van der Waals surface area contributed by atoms with E-state index < -0.39 is 0 Å². The lowest BCUT2D eigenvalue weighted by atomic mass is 10.2. The van der Waals surface area contributed by atoms with Gasteiger partial charge in [0.2, 0.25) is 0 Å². The van der Waals surface area contributed by atoms with Gasteiger partial charge in [-0.3, -0.25) is 9.78 Å². The average molecular weight is 326 g/mol. The maximum atomic E-state index is 13.6. The minimum absolute atomic E-state index is 0.103. The molecule has 2 aromatic heterocycles. The van der Waals surface area contributed by atoms with Crippen LogP contribution in [0.25, 0.3) is 0 Å². The van der Waals surface area contributed by atoms with Crippen molar-refractivity contribution in [2.24, 2.45) is 0 Å². The van der Waals surface area contributed by atoms with E-state index in [1.165, 1.54) is 12.3 Å². The van der Waals surface area contributed by atoms with Gasteiger partial charge in [-0.2, -0.15) is 0 Å². The number of hydrogen-bond acceptors (Lipinski definition) is 5. The molecule has 2 N–H and O–H groups in total. The molecule has 0 aliphatic carbocycles. The molecule has 24 heavy (non-hydrogen) atoms. The number of nitrogens with one attached hydrogen (secondary N) is 2. The third kappa shape index (κ3) is 3.75. The van der Waals surface area contributed by atoms with Crippen molar-refractivity contribution in [2.45, 2.75) is 13.5 Å². The number of pyridine rings is 1. The van der Waals surface area contributed by atoms with Gasteiger partial charge in [0, 0.05) is 24.4 Å². The summed E-state index contributed by atoms with van der Waals surface area (Å²) in [7, 11) is 0. The number of nitrogens with zero attached hydrogens (tertiary/aromatic N) is 2. The Labute approximate surface area is 137 Å². The molecule has 7 heteroatoms. The highest BCUT2D eigenvalue weighted by Gasteiger charge is 2.09. The molecule has 0 bridgehead atoms. The minimum Gasteiger partial charge on any atom is -0.360 e. The number of carbonyl (C=O) groups is 1. The molecule has 0 aliphatic rings. The Morgan fingerprint density at radius 2 is 2.08 bits per heavy atom. The molecule has 1 aromatic carbocycles. The highest BCUT2D eigenvalue weighted by molar-refractivity contribution is 5.94. The van der Waals surface area contributed by atoms with Gasteiger partial charge in [0.1, 0.15) is 11.6 Å². The topological polar surface area (TPSA) is 80.0 Å². The monoisotopic (exact) mass is 326 g/mol. The lowest BCUT2D eigenvalue weighted by molar-refractivity contribution is 0.0950. The molecule has 0 aliphatic heterocycles. The Hall–Kier alpha value is -3.22. The number of amides is 1. The van der Waals surface area contributed by atoms with E-state index in [1.807, 2.05) is 0 Å². The van der Waals surface area contributed by atoms with Crippen molar-refractivity contribution >= 4 is 17.4 Å². The van der Waals surface area contributed by atoms with E-state index in [2.05, 4.69) is 20.8 Å². The standard InChI is InChI=1S/C17H15FN4O2/c1-11-6-16(22-24-11)21-14-7-13(8-19-10-14)17(23)20-9-12-4-2-3-5-15(12)18/h2-8,10H,9H2,1H3,(H,20,23)(H,21,22). The normalized spacial score (nSPS) is 10.4. The molecule has 0 fully saturated rings. The SMILES string of the molecule is Cc1cc(Nc2cncc(C(=O)NCc3ccccc3F)c2)no1. The van der Waals surface area contributed by atoms with Crippen LogP contribution in [0.2, 0.25) is 0 Å². The van der Waals surface area contributed by atoms with Gasteiger partial charge >= 0.3 is 0 Å². The molecule has 2 heterocycles. The minimum atomic E-state index is -0.354. The molecular weight excluding hydrogens is 311 g/mol. The van der Waals surface area contributed by atoms with Crippen molar-refractivity contribution in [3.63, 3.8) is 0 Å². The van der Waals surface area contributed by atoms with E-state index in [0.29, 0.717) is 28.4 Å². The van der Waals surface area contributed by atoms with E-state index in [9.17, 15) is 9.18 Å². The smallest absolute Gasteiger partial charge is 0.253 e. The van der Waals surface area contributed by atoms with Gasteiger partial charge in [-0.15, -0.1) is 0 Å². The molecule has 122 valence electrons. The van der Waals surface area contributed by atoms with Crippen LogP contribution in [0.4, 0.5) is 15.9 Å². The van der Waals surface area contributed by atoms with Crippen LogP contribution >= 0.6 is 0 Å². The van der Waals surface area contributed by atoms with Crippen LogP contribution in [0.5, 0.6) is 0 Å². The highest BCUT2D eigenvalue weighted by Crippen LogP contribution is 2.16. The summed E-state index contributed by atoms with van der Waals surface area (Å²) in [6.45, 7) is 1.88. The maximum absolute atomic E-state index is 13.6. The molecule has 3 rings (SSSR count). The van der Waals surface area contributed by atoms with Crippen LogP contribution in [-0.4, -0.2) is 16.0 Å². The van der Waals surface area contributed by atoms with E-state index in [1.54, 1.807) is 43.5 Å². The van der Waals surface area contributed by atoms with E-state index in [0.717, 1.165) is 0 Å². The summed E-state index contributed by atoms with van der Waals surface area (Å²) in [6, 6.07) is 9.66. The summed E-state index contributed by atoms with van der Waals surface area (Å²) in [5.74, 6) is 0.501. The first-order valence-corrected chi connectivity index (χ1v) is 7.29. The Morgan fingerprint density at radius 1 is 1.25 bits per heavy atom. The van der Waals surface area contributed by atoms with E-state index in [4.69, 9.17) is 4.52 Å². The summed E-state index contributed by atoms with van der Waals surface area (Å²) in [5, 5.41) is 9.48. The number of aryl methyl sites for hydroxylation is 1. The quantitative estimate of drug-likeness (QED) is 0.752. The fourth-order valence-electron chi connectivity index (χ4n) is 2.12. The number of benzene rings is 1. The lowest BCUT2D eigenvalue weighted by Gasteiger charge is -2.07. The molecule has 0 spiro atoms. The van der Waals surface area contributed by atoms with Gasteiger partial charge in [0.15, 0.2) is 5.82 Å². The molecule has 6 nitrogen and oxygen atoms in total. The predicted molar refractivity (Wildman–Crippen MR) is 86.3 cm³/mol. The van der Waals surface area contributed by atoms with E-state index >= 15 is 0 Å². The second-order valence-electron chi connectivity index (χ2n) is 5.18. The Morgan fingerprint density at radius 3 is 2.83 bits per heavy atom. The number of rotatable bonds is 5. The molecular formula is C17H15FN4O2. The number of hydrogen-bond donors (Lipinski definition) is 2. The Balaban J connectivity index is 1.67. The van der Waals surface area contributed by atoms with Gasteiger partial charge in [-0.1, -0.05) is 23.4 Å². The van der Waals surface area contributed by atoms with Crippen LogP contribution in [0.15, 0.2) is 53.3 Å². The summed E-state index contributed by atoms with van der Waals surface area (Å²) in [5.41, 5.74) is 1.38. The zero-order valence-electron chi connectivity index (χ0n) is 12.9. The number of anilines is 2. The predicted octanol–water partition coefficient (Wildman–Crippen LogP) is 3.19. The summed E-state index contributed by atoms with van der Waals surface area (Å²) < 4.78 is 18.5. The fraction of sp³-hybridized carbons (Fsp3) is 0.118. The van der Waals surface area contributed by atoms with Crippen molar-refractivity contribution in [1.82, 2.24) is 15.5 Å². The zero-order chi connectivity index (χ0) is 16.9. The number of carbonyl (C=O) groups excluding carboxylic acids is 1. The van der Waals surface area contributed by atoms with Crippen LogP contribution in [-0.2, 0) is 6.54 Å². The summed E-state index contributed by atoms with van der Waals surface area (Å²) in [6.07, 6.45) is 3.01. The first kappa shape index (κ1) is 15.7. The molecule has 1 amide bonds. The van der Waals surface area contributed by atoms with Crippen LogP contribution < -0.4 is 10.6 Å². The molecule has 0 unspecified atom stereocenters. The zero-order valence-corrected chi connectivity index (χ0v) is 12.9. The van der Waals surface area contributed by atoms with Crippen molar-refractivity contribution in [2.75, 3.05) is 5.32 Å². The summed E-state index contributed by atoms with van der Waals surface area (Å²) in [4.78, 5) is 16.2. The van der Waals surface area contributed by atoms with Gasteiger partial charge in [0.25, 0.3) is 5.91 Å². The first-order valence-electron chi connectivity index (χ1n) is 7.29. The van der Waals surface area contributed by atoms with Crippen molar-refractivity contribution < 1.29 is 13.7 Å². The third-order valence-corrected chi connectivity index (χ3v) is 3.30. The summed E-state index contributed by atoms with van der Waals surface area (Å²) >= 11 is 0. The Bertz CT molecular complexity index is 863. The first-order chi connectivity index (χ1) is 11.6. The van der Waals surface area contributed by atoms with Crippen molar-refractivity contribution in [3.8, 4) is 0 Å². The fourth-order valence-corrected chi connectivity index (χ4v) is 2.12. The highest BCUT2D eigenvalue weighted by atomic mass is 19.1. The number of halogens is 1. The lowest BCUT2D eigenvalue weighted by Crippen LogP contribution is -2.23. The van der Waals surface area contributed by atoms with Gasteiger partial charge in [-0.05, 0) is 19.1 Å². The van der Waals surface area contributed by atoms with Gasteiger partial charge < -0.3 is 15.2 Å². The molecule has 0 radical (unpaired) electrons.